The van der Waals surface area contributed by atoms with Crippen molar-refractivity contribution in [3.63, 3.8) is 0 Å². The van der Waals surface area contributed by atoms with Gasteiger partial charge in [-0.2, -0.15) is 5.10 Å². The van der Waals surface area contributed by atoms with Crippen LogP contribution < -0.4 is 0 Å². The van der Waals surface area contributed by atoms with Crippen molar-refractivity contribution in [3.8, 4) is 0 Å². The molecule has 3 aromatic rings. The third kappa shape index (κ3) is 3.93. The SMILES string of the molecule is C[C@@H]1C[C@@H]1c1ccc(CN(C)C(=O)c2cnn(Cc3ccccc3Cl)c2)o1. The molecule has 1 aliphatic carbocycles. The first-order valence-electron chi connectivity index (χ1n) is 9.11. The van der Waals surface area contributed by atoms with Gasteiger partial charge < -0.3 is 9.32 Å². The van der Waals surface area contributed by atoms with Gasteiger partial charge in [0, 0.05) is 24.2 Å². The maximum absolute atomic E-state index is 12.7. The Balaban J connectivity index is 1.39. The average molecular weight is 384 g/mol. The Morgan fingerprint density at radius 3 is 2.85 bits per heavy atom. The van der Waals surface area contributed by atoms with Crippen LogP contribution in [0.4, 0.5) is 0 Å². The van der Waals surface area contributed by atoms with E-state index in [1.807, 2.05) is 36.4 Å². The number of carbonyl (C=O) groups is 1. The molecule has 1 amide bonds. The highest BCUT2D eigenvalue weighted by atomic mass is 35.5. The van der Waals surface area contributed by atoms with Crippen molar-refractivity contribution in [1.29, 1.82) is 0 Å². The highest BCUT2D eigenvalue weighted by molar-refractivity contribution is 6.31. The molecule has 0 N–H and O–H groups in total. The first-order chi connectivity index (χ1) is 13.0. The minimum atomic E-state index is -0.0850. The summed E-state index contributed by atoms with van der Waals surface area (Å²) >= 11 is 6.20. The molecule has 6 heteroatoms. The Kier molecular flexibility index (Phi) is 4.79. The molecule has 1 saturated carbocycles. The van der Waals surface area contributed by atoms with Crippen LogP contribution in [0.25, 0.3) is 0 Å². The van der Waals surface area contributed by atoms with Gasteiger partial charge in [-0.1, -0.05) is 36.7 Å². The fraction of sp³-hybridized carbons (Fsp3) is 0.333. The molecule has 0 bridgehead atoms. The lowest BCUT2D eigenvalue weighted by Crippen LogP contribution is -2.25. The van der Waals surface area contributed by atoms with Gasteiger partial charge in [-0.05, 0) is 36.1 Å². The second-order valence-electron chi connectivity index (χ2n) is 7.30. The van der Waals surface area contributed by atoms with E-state index >= 15 is 0 Å². The van der Waals surface area contributed by atoms with Crippen LogP contribution in [0, 0.1) is 5.92 Å². The summed E-state index contributed by atoms with van der Waals surface area (Å²) < 4.78 is 7.63. The first-order valence-corrected chi connectivity index (χ1v) is 9.49. The van der Waals surface area contributed by atoms with E-state index < -0.39 is 0 Å². The van der Waals surface area contributed by atoms with Gasteiger partial charge in [-0.15, -0.1) is 0 Å². The molecule has 1 aliphatic rings. The third-order valence-corrected chi connectivity index (χ3v) is 5.44. The normalized spacial score (nSPS) is 18.5. The largest absolute Gasteiger partial charge is 0.464 e. The minimum absolute atomic E-state index is 0.0850. The average Bonchev–Trinajstić information content (AvgIpc) is 3.04. The molecule has 2 heterocycles. The van der Waals surface area contributed by atoms with Gasteiger partial charge in [0.1, 0.15) is 11.5 Å². The van der Waals surface area contributed by atoms with Gasteiger partial charge >= 0.3 is 0 Å². The van der Waals surface area contributed by atoms with Crippen LogP contribution in [0.3, 0.4) is 0 Å². The maximum Gasteiger partial charge on any atom is 0.257 e. The van der Waals surface area contributed by atoms with Crippen LogP contribution in [0.1, 0.15) is 46.7 Å². The van der Waals surface area contributed by atoms with E-state index in [1.165, 1.54) is 6.42 Å². The van der Waals surface area contributed by atoms with Gasteiger partial charge in [0.25, 0.3) is 5.91 Å². The number of nitrogens with zero attached hydrogens (tertiary/aromatic N) is 3. The molecule has 0 radical (unpaired) electrons. The Hall–Kier alpha value is -2.53. The molecule has 5 nitrogen and oxygen atoms in total. The van der Waals surface area contributed by atoms with Gasteiger partial charge in [-0.25, -0.2) is 0 Å². The lowest BCUT2D eigenvalue weighted by molar-refractivity contribution is 0.0774. The van der Waals surface area contributed by atoms with Crippen LogP contribution in [0.2, 0.25) is 5.02 Å². The second kappa shape index (κ2) is 7.24. The zero-order valence-corrected chi connectivity index (χ0v) is 16.2. The molecule has 27 heavy (non-hydrogen) atoms. The molecule has 0 spiro atoms. The molecule has 0 aliphatic heterocycles. The predicted molar refractivity (Wildman–Crippen MR) is 104 cm³/mol. The summed E-state index contributed by atoms with van der Waals surface area (Å²) in [4.78, 5) is 14.3. The number of carbonyl (C=O) groups excluding carboxylic acids is 1. The molecule has 0 unspecified atom stereocenters. The van der Waals surface area contributed by atoms with Crippen molar-refractivity contribution in [2.75, 3.05) is 7.05 Å². The maximum atomic E-state index is 12.7. The van der Waals surface area contributed by atoms with Crippen molar-refractivity contribution in [1.82, 2.24) is 14.7 Å². The molecule has 1 fully saturated rings. The first kappa shape index (κ1) is 17.9. The molecular formula is C21H22ClN3O2. The van der Waals surface area contributed by atoms with Gasteiger partial charge in [0.05, 0.1) is 24.8 Å². The van der Waals surface area contributed by atoms with Crippen LogP contribution in [-0.4, -0.2) is 27.6 Å². The quantitative estimate of drug-likeness (QED) is 0.626. The van der Waals surface area contributed by atoms with Crippen LogP contribution in [0.5, 0.6) is 0 Å². The number of halogens is 1. The number of furan rings is 1. The van der Waals surface area contributed by atoms with Gasteiger partial charge in [0.2, 0.25) is 0 Å². The smallest absolute Gasteiger partial charge is 0.257 e. The Labute approximate surface area is 163 Å². The van der Waals surface area contributed by atoms with E-state index in [9.17, 15) is 4.79 Å². The number of benzene rings is 1. The van der Waals surface area contributed by atoms with Crippen LogP contribution in [0.15, 0.2) is 53.2 Å². The molecule has 0 saturated heterocycles. The van der Waals surface area contributed by atoms with Crippen molar-refractivity contribution < 1.29 is 9.21 Å². The lowest BCUT2D eigenvalue weighted by Gasteiger charge is -2.14. The van der Waals surface area contributed by atoms with Gasteiger partial charge in [0.15, 0.2) is 0 Å². The van der Waals surface area contributed by atoms with E-state index in [-0.39, 0.29) is 5.91 Å². The van der Waals surface area contributed by atoms with E-state index in [2.05, 4.69) is 12.0 Å². The number of hydrogen-bond donors (Lipinski definition) is 0. The zero-order chi connectivity index (χ0) is 19.0. The Morgan fingerprint density at radius 2 is 2.11 bits per heavy atom. The lowest BCUT2D eigenvalue weighted by atomic mass is 10.2. The second-order valence-corrected chi connectivity index (χ2v) is 7.71. The minimum Gasteiger partial charge on any atom is -0.464 e. The highest BCUT2D eigenvalue weighted by Crippen LogP contribution is 2.47. The summed E-state index contributed by atoms with van der Waals surface area (Å²) in [7, 11) is 1.77. The molecule has 140 valence electrons. The number of aromatic nitrogens is 2. The van der Waals surface area contributed by atoms with Crippen molar-refractivity contribution >= 4 is 17.5 Å². The molecular weight excluding hydrogens is 362 g/mol. The molecule has 1 aromatic carbocycles. The van der Waals surface area contributed by atoms with Crippen LogP contribution >= 0.6 is 11.6 Å². The summed E-state index contributed by atoms with van der Waals surface area (Å²) in [6.07, 6.45) is 4.53. The van der Waals surface area contributed by atoms with Gasteiger partial charge in [-0.3, -0.25) is 9.48 Å². The summed E-state index contributed by atoms with van der Waals surface area (Å²) in [5.41, 5.74) is 1.51. The zero-order valence-electron chi connectivity index (χ0n) is 15.4. The summed E-state index contributed by atoms with van der Waals surface area (Å²) in [6.45, 7) is 3.19. The van der Waals surface area contributed by atoms with E-state index in [0.717, 1.165) is 17.1 Å². The summed E-state index contributed by atoms with van der Waals surface area (Å²) in [6, 6.07) is 11.6. The molecule has 2 aromatic heterocycles. The monoisotopic (exact) mass is 383 g/mol. The van der Waals surface area contributed by atoms with E-state index in [0.29, 0.717) is 35.5 Å². The number of hydrogen-bond acceptors (Lipinski definition) is 3. The third-order valence-electron chi connectivity index (χ3n) is 5.07. The van der Waals surface area contributed by atoms with Crippen molar-refractivity contribution in [2.45, 2.75) is 32.4 Å². The fourth-order valence-corrected chi connectivity index (χ4v) is 3.48. The standard InChI is InChI=1S/C21H22ClN3O2/c1-14-9-18(14)20-8-7-17(27-20)13-24(2)21(26)16-10-23-25(12-16)11-15-5-3-4-6-19(15)22/h3-8,10,12,14,18H,9,11,13H2,1-2H3/t14-,18+/m1/s1. The predicted octanol–water partition coefficient (Wildman–Crippen LogP) is 4.57. The Morgan fingerprint density at radius 1 is 1.33 bits per heavy atom. The van der Waals surface area contributed by atoms with E-state index in [1.54, 1.807) is 29.0 Å². The fourth-order valence-electron chi connectivity index (χ4n) is 3.28. The summed E-state index contributed by atoms with van der Waals surface area (Å²) in [5.74, 6) is 3.00. The summed E-state index contributed by atoms with van der Waals surface area (Å²) in [5, 5.41) is 4.99. The highest BCUT2D eigenvalue weighted by Gasteiger charge is 2.36. The Bertz CT molecular complexity index is 962. The van der Waals surface area contributed by atoms with Crippen molar-refractivity contribution in [2.24, 2.45) is 5.92 Å². The molecule has 4 rings (SSSR count). The number of rotatable bonds is 6. The number of amides is 1. The van der Waals surface area contributed by atoms with Crippen molar-refractivity contribution in [3.05, 3.63) is 76.5 Å². The van der Waals surface area contributed by atoms with E-state index in [4.69, 9.17) is 16.0 Å². The molecule has 2 atom stereocenters. The topological polar surface area (TPSA) is 51.3 Å². The van der Waals surface area contributed by atoms with Crippen LogP contribution in [-0.2, 0) is 13.1 Å².